The number of hydrogen-bond acceptors (Lipinski definition) is 1. The van der Waals surface area contributed by atoms with Crippen molar-refractivity contribution in [1.29, 1.82) is 0 Å². The van der Waals surface area contributed by atoms with Gasteiger partial charge in [0, 0.05) is 12.4 Å². The number of hydrogen-bond donors (Lipinski definition) is 0. The van der Waals surface area contributed by atoms with E-state index in [1.54, 1.807) is 0 Å². The van der Waals surface area contributed by atoms with Crippen molar-refractivity contribution in [3.8, 4) is 0 Å². The summed E-state index contributed by atoms with van der Waals surface area (Å²) in [6.45, 7) is 4.07. The van der Waals surface area contributed by atoms with E-state index in [9.17, 15) is 0 Å². The summed E-state index contributed by atoms with van der Waals surface area (Å²) in [6.07, 6.45) is 7.79. The van der Waals surface area contributed by atoms with Crippen LogP contribution in [-0.2, 0) is 0 Å². The van der Waals surface area contributed by atoms with Crippen LogP contribution in [0.15, 0.2) is 24.5 Å². The van der Waals surface area contributed by atoms with E-state index in [2.05, 4.69) is 18.0 Å². The third-order valence-corrected chi connectivity index (χ3v) is 1.41. The number of aryl methyl sites for hydroxylation is 1. The van der Waals surface area contributed by atoms with Crippen molar-refractivity contribution >= 4 is 6.08 Å². The molecule has 1 aromatic rings. The lowest BCUT2D eigenvalue weighted by molar-refractivity contribution is 1.26. The number of nitrogens with zero attached hydrogens (tertiary/aromatic N) is 1. The Bertz CT molecular complexity index is 238. The molecule has 0 radical (unpaired) electrons. The SMILES string of the molecule is C/C=C/c1ccncc1C. The average Bonchev–Trinajstić information content (AvgIpc) is 1.94. The van der Waals surface area contributed by atoms with E-state index in [1.807, 2.05) is 31.5 Å². The van der Waals surface area contributed by atoms with Crippen LogP contribution < -0.4 is 0 Å². The van der Waals surface area contributed by atoms with Gasteiger partial charge in [-0.3, -0.25) is 4.98 Å². The second kappa shape index (κ2) is 3.16. The summed E-state index contributed by atoms with van der Waals surface area (Å²) in [7, 11) is 0. The van der Waals surface area contributed by atoms with Gasteiger partial charge in [-0.1, -0.05) is 12.2 Å². The average molecular weight is 133 g/mol. The number of aromatic nitrogens is 1. The highest BCUT2D eigenvalue weighted by Crippen LogP contribution is 2.06. The Morgan fingerprint density at radius 3 is 2.90 bits per heavy atom. The van der Waals surface area contributed by atoms with Crippen LogP contribution in [0.25, 0.3) is 6.08 Å². The minimum atomic E-state index is 1.22. The van der Waals surface area contributed by atoms with E-state index in [4.69, 9.17) is 0 Å². The second-order valence-corrected chi connectivity index (χ2v) is 2.23. The minimum Gasteiger partial charge on any atom is -0.264 e. The van der Waals surface area contributed by atoms with Gasteiger partial charge in [-0.05, 0) is 31.0 Å². The van der Waals surface area contributed by atoms with Crippen LogP contribution in [0.2, 0.25) is 0 Å². The van der Waals surface area contributed by atoms with Crippen molar-refractivity contribution in [3.05, 3.63) is 35.7 Å². The molecule has 0 fully saturated rings. The summed E-state index contributed by atoms with van der Waals surface area (Å²) in [5, 5.41) is 0. The van der Waals surface area contributed by atoms with Gasteiger partial charge in [-0.2, -0.15) is 0 Å². The van der Waals surface area contributed by atoms with Crippen LogP contribution in [-0.4, -0.2) is 4.98 Å². The fourth-order valence-electron chi connectivity index (χ4n) is 0.851. The molecule has 0 spiro atoms. The molecule has 52 valence electrons. The molecule has 1 aromatic heterocycles. The topological polar surface area (TPSA) is 12.9 Å². The molecule has 0 saturated heterocycles. The summed E-state index contributed by atoms with van der Waals surface area (Å²) in [6, 6.07) is 2.01. The van der Waals surface area contributed by atoms with E-state index >= 15 is 0 Å². The van der Waals surface area contributed by atoms with Crippen LogP contribution in [0.1, 0.15) is 18.1 Å². The third kappa shape index (κ3) is 1.44. The molecule has 1 heterocycles. The van der Waals surface area contributed by atoms with Crippen LogP contribution in [0.5, 0.6) is 0 Å². The van der Waals surface area contributed by atoms with Gasteiger partial charge in [0.1, 0.15) is 0 Å². The normalized spacial score (nSPS) is 10.6. The quantitative estimate of drug-likeness (QED) is 0.573. The van der Waals surface area contributed by atoms with Crippen molar-refractivity contribution < 1.29 is 0 Å². The van der Waals surface area contributed by atoms with Crippen molar-refractivity contribution in [2.24, 2.45) is 0 Å². The summed E-state index contributed by atoms with van der Waals surface area (Å²) in [5.41, 5.74) is 2.47. The molecule has 0 aliphatic carbocycles. The van der Waals surface area contributed by atoms with Gasteiger partial charge >= 0.3 is 0 Å². The standard InChI is InChI=1S/C9H11N/c1-3-4-9-5-6-10-7-8(9)2/h3-7H,1-2H3/b4-3+. The van der Waals surface area contributed by atoms with E-state index in [-0.39, 0.29) is 0 Å². The Hall–Kier alpha value is -1.11. The molecule has 1 rings (SSSR count). The molecule has 10 heavy (non-hydrogen) atoms. The maximum Gasteiger partial charge on any atom is 0.0303 e. The van der Waals surface area contributed by atoms with E-state index in [0.717, 1.165) is 0 Å². The molecule has 0 N–H and O–H groups in total. The molecule has 0 saturated carbocycles. The van der Waals surface area contributed by atoms with Crippen LogP contribution in [0.4, 0.5) is 0 Å². The van der Waals surface area contributed by atoms with Crippen molar-refractivity contribution in [2.45, 2.75) is 13.8 Å². The zero-order valence-corrected chi connectivity index (χ0v) is 6.33. The predicted molar refractivity (Wildman–Crippen MR) is 43.7 cm³/mol. The molecule has 0 aromatic carbocycles. The lowest BCUT2D eigenvalue weighted by Gasteiger charge is -1.95. The lowest BCUT2D eigenvalue weighted by atomic mass is 10.1. The summed E-state index contributed by atoms with van der Waals surface area (Å²) >= 11 is 0. The summed E-state index contributed by atoms with van der Waals surface area (Å²) < 4.78 is 0. The lowest BCUT2D eigenvalue weighted by Crippen LogP contribution is -1.80. The van der Waals surface area contributed by atoms with Crippen molar-refractivity contribution in [2.75, 3.05) is 0 Å². The van der Waals surface area contributed by atoms with Gasteiger partial charge in [-0.25, -0.2) is 0 Å². The molecule has 0 aliphatic heterocycles. The van der Waals surface area contributed by atoms with Gasteiger partial charge in [0.25, 0.3) is 0 Å². The predicted octanol–water partition coefficient (Wildman–Crippen LogP) is 2.42. The molecular weight excluding hydrogens is 122 g/mol. The smallest absolute Gasteiger partial charge is 0.0303 e. The first-order valence-corrected chi connectivity index (χ1v) is 3.38. The Morgan fingerprint density at radius 2 is 2.30 bits per heavy atom. The van der Waals surface area contributed by atoms with Gasteiger partial charge in [0.2, 0.25) is 0 Å². The van der Waals surface area contributed by atoms with Gasteiger partial charge in [0.15, 0.2) is 0 Å². The van der Waals surface area contributed by atoms with Crippen molar-refractivity contribution in [3.63, 3.8) is 0 Å². The maximum absolute atomic E-state index is 3.99. The Morgan fingerprint density at radius 1 is 1.50 bits per heavy atom. The monoisotopic (exact) mass is 133 g/mol. The summed E-state index contributed by atoms with van der Waals surface area (Å²) in [5.74, 6) is 0. The third-order valence-electron chi connectivity index (χ3n) is 1.41. The first-order chi connectivity index (χ1) is 4.84. The van der Waals surface area contributed by atoms with E-state index in [1.165, 1.54) is 11.1 Å². The fourth-order valence-corrected chi connectivity index (χ4v) is 0.851. The zero-order valence-electron chi connectivity index (χ0n) is 6.33. The fraction of sp³-hybridized carbons (Fsp3) is 0.222. The van der Waals surface area contributed by atoms with Crippen LogP contribution in [0, 0.1) is 6.92 Å². The highest BCUT2D eigenvalue weighted by Gasteiger charge is 1.88. The highest BCUT2D eigenvalue weighted by atomic mass is 14.6. The summed E-state index contributed by atoms with van der Waals surface area (Å²) in [4.78, 5) is 3.99. The highest BCUT2D eigenvalue weighted by molar-refractivity contribution is 5.51. The molecule has 1 heteroatoms. The zero-order chi connectivity index (χ0) is 7.40. The molecule has 1 nitrogen and oxygen atoms in total. The second-order valence-electron chi connectivity index (χ2n) is 2.23. The van der Waals surface area contributed by atoms with E-state index in [0.29, 0.717) is 0 Å². The molecule has 0 bridgehead atoms. The van der Waals surface area contributed by atoms with Gasteiger partial charge < -0.3 is 0 Å². The minimum absolute atomic E-state index is 1.22. The molecule has 0 atom stereocenters. The van der Waals surface area contributed by atoms with E-state index < -0.39 is 0 Å². The first-order valence-electron chi connectivity index (χ1n) is 3.38. The van der Waals surface area contributed by atoms with Gasteiger partial charge in [0.05, 0.1) is 0 Å². The largest absolute Gasteiger partial charge is 0.264 e. The number of pyridine rings is 1. The van der Waals surface area contributed by atoms with Crippen LogP contribution >= 0.6 is 0 Å². The Balaban J connectivity index is 3.03. The Labute approximate surface area is 61.4 Å². The first kappa shape index (κ1) is 7.00. The molecular formula is C9H11N. The van der Waals surface area contributed by atoms with Crippen LogP contribution in [0.3, 0.4) is 0 Å². The van der Waals surface area contributed by atoms with Crippen molar-refractivity contribution in [1.82, 2.24) is 4.98 Å². The Kier molecular flexibility index (Phi) is 2.21. The van der Waals surface area contributed by atoms with Gasteiger partial charge in [-0.15, -0.1) is 0 Å². The number of allylic oxidation sites excluding steroid dienone is 1. The molecule has 0 unspecified atom stereocenters. The molecule has 0 amide bonds. The maximum atomic E-state index is 3.99. The molecule has 0 aliphatic rings. The number of rotatable bonds is 1.